The zero-order valence-corrected chi connectivity index (χ0v) is 15.2. The van der Waals surface area contributed by atoms with Crippen LogP contribution in [0, 0.1) is 5.92 Å². The summed E-state index contributed by atoms with van der Waals surface area (Å²) < 4.78 is 5.16. The first-order valence-corrected chi connectivity index (χ1v) is 9.21. The molecule has 2 atom stereocenters. The summed E-state index contributed by atoms with van der Waals surface area (Å²) in [4.78, 5) is 13.8. The maximum atomic E-state index is 6.36. The second kappa shape index (κ2) is 7.18. The van der Waals surface area contributed by atoms with E-state index in [-0.39, 0.29) is 0 Å². The number of benzene rings is 1. The predicted octanol–water partition coefficient (Wildman–Crippen LogP) is 3.24. The number of anilines is 1. The van der Waals surface area contributed by atoms with Gasteiger partial charge in [0.05, 0.1) is 19.5 Å². The van der Waals surface area contributed by atoms with Crippen LogP contribution in [0.4, 0.5) is 5.95 Å². The third-order valence-corrected chi connectivity index (χ3v) is 5.81. The maximum Gasteiger partial charge on any atom is 0.225 e. The Balaban J connectivity index is 1.47. The summed E-state index contributed by atoms with van der Waals surface area (Å²) in [5, 5.41) is 0.858. The van der Waals surface area contributed by atoms with E-state index in [1.807, 2.05) is 12.1 Å². The molecular weight excluding hydrogens is 336 g/mol. The van der Waals surface area contributed by atoms with Crippen LogP contribution in [0.2, 0.25) is 5.02 Å². The lowest BCUT2D eigenvalue weighted by molar-refractivity contribution is 0.200. The lowest BCUT2D eigenvalue weighted by Crippen LogP contribution is -2.48. The number of aromatic nitrogens is 2. The lowest BCUT2D eigenvalue weighted by atomic mass is 9.92. The first-order chi connectivity index (χ1) is 12.2. The number of nitrogens with zero attached hydrogens (tertiary/aromatic N) is 4. The van der Waals surface area contributed by atoms with Gasteiger partial charge in [-0.2, -0.15) is 0 Å². The molecule has 0 amide bonds. The van der Waals surface area contributed by atoms with Gasteiger partial charge in [-0.15, -0.1) is 0 Å². The second-order valence-corrected chi connectivity index (χ2v) is 7.24. The highest BCUT2D eigenvalue weighted by molar-refractivity contribution is 6.31. The Hall–Kier alpha value is -1.85. The Kier molecular flexibility index (Phi) is 4.77. The highest BCUT2D eigenvalue weighted by Crippen LogP contribution is 2.34. The fourth-order valence-corrected chi connectivity index (χ4v) is 4.22. The van der Waals surface area contributed by atoms with Gasteiger partial charge < -0.3 is 9.64 Å². The standard InChI is InChI=1S/C19H23ClN4O/c1-25-16-10-21-19(22-11-16)24-9-7-14-6-8-23(18(14)13-24)12-15-4-2-3-5-17(15)20/h2-5,10-11,14,18H,6-9,12-13H2,1H3. The highest BCUT2D eigenvalue weighted by Gasteiger charge is 2.38. The van der Waals surface area contributed by atoms with Crippen molar-refractivity contribution in [1.82, 2.24) is 14.9 Å². The van der Waals surface area contributed by atoms with Crippen molar-refractivity contribution >= 4 is 17.5 Å². The summed E-state index contributed by atoms with van der Waals surface area (Å²) in [5.41, 5.74) is 1.21. The average molecular weight is 359 g/mol. The van der Waals surface area contributed by atoms with Crippen LogP contribution in [0.25, 0.3) is 0 Å². The van der Waals surface area contributed by atoms with E-state index in [0.717, 1.165) is 43.1 Å². The van der Waals surface area contributed by atoms with Crippen LogP contribution < -0.4 is 9.64 Å². The molecule has 0 saturated carbocycles. The van der Waals surface area contributed by atoms with Crippen molar-refractivity contribution in [2.45, 2.75) is 25.4 Å². The van der Waals surface area contributed by atoms with Gasteiger partial charge in [-0.1, -0.05) is 29.8 Å². The molecule has 2 unspecified atom stereocenters. The summed E-state index contributed by atoms with van der Waals surface area (Å²) in [6.07, 6.45) is 5.95. The van der Waals surface area contributed by atoms with Crippen LogP contribution in [0.1, 0.15) is 18.4 Å². The van der Waals surface area contributed by atoms with Crippen LogP contribution in [0.5, 0.6) is 5.75 Å². The van der Waals surface area contributed by atoms with E-state index in [9.17, 15) is 0 Å². The van der Waals surface area contributed by atoms with E-state index in [1.165, 1.54) is 18.4 Å². The molecule has 1 aromatic carbocycles. The van der Waals surface area contributed by atoms with Crippen LogP contribution in [-0.4, -0.2) is 47.7 Å². The van der Waals surface area contributed by atoms with Gasteiger partial charge >= 0.3 is 0 Å². The molecule has 132 valence electrons. The van der Waals surface area contributed by atoms with E-state index in [0.29, 0.717) is 11.8 Å². The molecule has 2 fully saturated rings. The van der Waals surface area contributed by atoms with Gasteiger partial charge in [-0.25, -0.2) is 9.97 Å². The molecule has 1 aromatic heterocycles. The number of halogens is 1. The Bertz CT molecular complexity index is 724. The van der Waals surface area contributed by atoms with Gasteiger partial charge in [0.25, 0.3) is 0 Å². The van der Waals surface area contributed by atoms with Crippen LogP contribution in [0.15, 0.2) is 36.7 Å². The molecular formula is C19H23ClN4O. The average Bonchev–Trinajstić information content (AvgIpc) is 3.06. The van der Waals surface area contributed by atoms with Crippen molar-refractivity contribution in [2.24, 2.45) is 5.92 Å². The molecule has 2 aromatic rings. The minimum atomic E-state index is 0.538. The third-order valence-electron chi connectivity index (χ3n) is 5.44. The van der Waals surface area contributed by atoms with Crippen molar-refractivity contribution in [3.63, 3.8) is 0 Å². The normalized spacial score (nSPS) is 23.5. The third kappa shape index (κ3) is 3.44. The van der Waals surface area contributed by atoms with Gasteiger partial charge in [-0.05, 0) is 36.9 Å². The molecule has 25 heavy (non-hydrogen) atoms. The molecule has 0 bridgehead atoms. The van der Waals surface area contributed by atoms with Gasteiger partial charge in [0, 0.05) is 30.7 Å². The lowest BCUT2D eigenvalue weighted by Gasteiger charge is -2.38. The molecule has 0 radical (unpaired) electrons. The highest BCUT2D eigenvalue weighted by atomic mass is 35.5. The number of piperidine rings is 1. The smallest absolute Gasteiger partial charge is 0.225 e. The quantitative estimate of drug-likeness (QED) is 0.839. The first kappa shape index (κ1) is 16.6. The van der Waals surface area contributed by atoms with Gasteiger partial charge in [0.2, 0.25) is 5.95 Å². The summed E-state index contributed by atoms with van der Waals surface area (Å²) in [6, 6.07) is 8.69. The van der Waals surface area contributed by atoms with Crippen molar-refractivity contribution in [2.75, 3.05) is 31.6 Å². The van der Waals surface area contributed by atoms with E-state index in [4.69, 9.17) is 16.3 Å². The Morgan fingerprint density at radius 3 is 2.68 bits per heavy atom. The molecule has 2 saturated heterocycles. The molecule has 2 aliphatic rings. The van der Waals surface area contributed by atoms with Crippen molar-refractivity contribution in [3.05, 3.63) is 47.2 Å². The Morgan fingerprint density at radius 1 is 1.16 bits per heavy atom. The molecule has 0 spiro atoms. The maximum absolute atomic E-state index is 6.36. The number of likely N-dealkylation sites (tertiary alicyclic amines) is 1. The molecule has 0 aliphatic carbocycles. The van der Waals surface area contributed by atoms with Gasteiger partial charge in [-0.3, -0.25) is 4.90 Å². The van der Waals surface area contributed by atoms with Crippen molar-refractivity contribution in [3.8, 4) is 5.75 Å². The summed E-state index contributed by atoms with van der Waals surface area (Å²) in [7, 11) is 1.63. The molecule has 2 aliphatic heterocycles. The van der Waals surface area contributed by atoms with Crippen molar-refractivity contribution < 1.29 is 4.74 Å². The van der Waals surface area contributed by atoms with Crippen LogP contribution >= 0.6 is 11.6 Å². The summed E-state index contributed by atoms with van der Waals surface area (Å²) in [5.74, 6) is 2.25. The molecule has 4 rings (SSSR count). The topological polar surface area (TPSA) is 41.5 Å². The van der Waals surface area contributed by atoms with E-state index in [1.54, 1.807) is 19.5 Å². The number of fused-ring (bicyclic) bond motifs is 1. The molecule has 5 nitrogen and oxygen atoms in total. The zero-order valence-electron chi connectivity index (χ0n) is 14.4. The fourth-order valence-electron chi connectivity index (χ4n) is 4.03. The number of hydrogen-bond acceptors (Lipinski definition) is 5. The van der Waals surface area contributed by atoms with E-state index >= 15 is 0 Å². The van der Waals surface area contributed by atoms with Crippen molar-refractivity contribution in [1.29, 1.82) is 0 Å². The minimum Gasteiger partial charge on any atom is -0.494 e. The first-order valence-electron chi connectivity index (χ1n) is 8.83. The Labute approximate surface area is 153 Å². The number of ether oxygens (including phenoxy) is 1. The molecule has 3 heterocycles. The second-order valence-electron chi connectivity index (χ2n) is 6.84. The minimum absolute atomic E-state index is 0.538. The van der Waals surface area contributed by atoms with Gasteiger partial charge in [0.15, 0.2) is 5.75 Å². The summed E-state index contributed by atoms with van der Waals surface area (Å²) >= 11 is 6.36. The monoisotopic (exact) mass is 358 g/mol. The summed E-state index contributed by atoms with van der Waals surface area (Å²) in [6.45, 7) is 4.05. The fraction of sp³-hybridized carbons (Fsp3) is 0.474. The van der Waals surface area contributed by atoms with E-state index < -0.39 is 0 Å². The van der Waals surface area contributed by atoms with Gasteiger partial charge in [0.1, 0.15) is 0 Å². The number of methoxy groups -OCH3 is 1. The van der Waals surface area contributed by atoms with E-state index in [2.05, 4.69) is 31.9 Å². The van der Waals surface area contributed by atoms with Crippen LogP contribution in [0.3, 0.4) is 0 Å². The molecule has 0 N–H and O–H groups in total. The predicted molar refractivity (Wildman–Crippen MR) is 99.2 cm³/mol. The number of rotatable bonds is 4. The van der Waals surface area contributed by atoms with Crippen LogP contribution in [-0.2, 0) is 6.54 Å². The zero-order chi connectivity index (χ0) is 17.2. The largest absolute Gasteiger partial charge is 0.494 e. The number of hydrogen-bond donors (Lipinski definition) is 0. The molecule has 6 heteroatoms. The SMILES string of the molecule is COc1cnc(N2CCC3CCN(Cc4ccccc4Cl)C3C2)nc1. The Morgan fingerprint density at radius 2 is 1.92 bits per heavy atom.